The highest BCUT2D eigenvalue weighted by Crippen LogP contribution is 2.32. The standard InChI is InChI=1S/C19H16N4O3/c24-19(21-8-13-1-3-17-18(7-13)26-12-25-17)4-2-14-9-20-6-5-16(14)15-10-22-23-11-15/h1-7,9-11H,8,12H2,(H,21,24)(H,22,23)/b4-2+. The summed E-state index contributed by atoms with van der Waals surface area (Å²) >= 11 is 0. The molecule has 3 aromatic rings. The highest BCUT2D eigenvalue weighted by Gasteiger charge is 2.13. The lowest BCUT2D eigenvalue weighted by Gasteiger charge is -2.05. The van der Waals surface area contributed by atoms with Gasteiger partial charge in [0.25, 0.3) is 0 Å². The van der Waals surface area contributed by atoms with Crippen molar-refractivity contribution in [1.29, 1.82) is 0 Å². The number of rotatable bonds is 5. The van der Waals surface area contributed by atoms with E-state index in [0.717, 1.165) is 28.0 Å². The smallest absolute Gasteiger partial charge is 0.244 e. The van der Waals surface area contributed by atoms with E-state index in [1.807, 2.05) is 24.3 Å². The van der Waals surface area contributed by atoms with Gasteiger partial charge in [0.05, 0.1) is 6.20 Å². The highest BCUT2D eigenvalue weighted by atomic mass is 16.7. The first-order valence-electron chi connectivity index (χ1n) is 8.07. The molecule has 0 unspecified atom stereocenters. The molecule has 1 aliphatic rings. The normalized spacial score (nSPS) is 12.5. The van der Waals surface area contributed by atoms with Crippen LogP contribution in [0.2, 0.25) is 0 Å². The maximum atomic E-state index is 12.1. The largest absolute Gasteiger partial charge is 0.454 e. The van der Waals surface area contributed by atoms with Crippen LogP contribution in [-0.2, 0) is 11.3 Å². The number of carbonyl (C=O) groups is 1. The Hall–Kier alpha value is -3.61. The number of fused-ring (bicyclic) bond motifs is 1. The fourth-order valence-electron chi connectivity index (χ4n) is 2.67. The van der Waals surface area contributed by atoms with E-state index in [9.17, 15) is 4.79 Å². The molecule has 3 heterocycles. The quantitative estimate of drug-likeness (QED) is 0.692. The summed E-state index contributed by atoms with van der Waals surface area (Å²) in [7, 11) is 0. The first-order valence-corrected chi connectivity index (χ1v) is 8.07. The SMILES string of the molecule is O=C(/C=C/c1cnccc1-c1cn[nH]c1)NCc1ccc2c(c1)OCO2. The number of nitrogens with one attached hydrogen (secondary N) is 2. The zero-order valence-corrected chi connectivity index (χ0v) is 13.8. The van der Waals surface area contributed by atoms with Crippen molar-refractivity contribution >= 4 is 12.0 Å². The molecule has 0 radical (unpaired) electrons. The lowest BCUT2D eigenvalue weighted by atomic mass is 10.0. The van der Waals surface area contributed by atoms with Crippen LogP contribution < -0.4 is 14.8 Å². The third-order valence-electron chi connectivity index (χ3n) is 3.98. The minimum absolute atomic E-state index is 0.190. The molecule has 7 nitrogen and oxygen atoms in total. The lowest BCUT2D eigenvalue weighted by molar-refractivity contribution is -0.116. The number of H-pyrrole nitrogens is 1. The van der Waals surface area contributed by atoms with E-state index < -0.39 is 0 Å². The van der Waals surface area contributed by atoms with E-state index in [-0.39, 0.29) is 12.7 Å². The van der Waals surface area contributed by atoms with Gasteiger partial charge in [-0.3, -0.25) is 14.9 Å². The van der Waals surface area contributed by atoms with Crippen molar-refractivity contribution < 1.29 is 14.3 Å². The molecule has 0 aliphatic carbocycles. The monoisotopic (exact) mass is 348 g/mol. The van der Waals surface area contributed by atoms with Crippen molar-refractivity contribution in [3.63, 3.8) is 0 Å². The third kappa shape index (κ3) is 3.41. The molecule has 1 aromatic carbocycles. The molecule has 0 bridgehead atoms. The van der Waals surface area contributed by atoms with Crippen LogP contribution in [0.25, 0.3) is 17.2 Å². The van der Waals surface area contributed by atoms with Crippen LogP contribution in [0.4, 0.5) is 0 Å². The van der Waals surface area contributed by atoms with Gasteiger partial charge in [-0.15, -0.1) is 0 Å². The molecule has 4 rings (SSSR count). The first kappa shape index (κ1) is 15.9. The van der Waals surface area contributed by atoms with Crippen LogP contribution in [0.5, 0.6) is 11.5 Å². The van der Waals surface area contributed by atoms with E-state index in [1.165, 1.54) is 6.08 Å². The fourth-order valence-corrected chi connectivity index (χ4v) is 2.67. The van der Waals surface area contributed by atoms with E-state index in [1.54, 1.807) is 30.9 Å². The number of benzene rings is 1. The number of pyridine rings is 1. The third-order valence-corrected chi connectivity index (χ3v) is 3.98. The molecule has 0 saturated carbocycles. The van der Waals surface area contributed by atoms with Crippen molar-refractivity contribution in [2.24, 2.45) is 0 Å². The van der Waals surface area contributed by atoms with Gasteiger partial charge in [-0.25, -0.2) is 0 Å². The Kier molecular flexibility index (Phi) is 4.34. The van der Waals surface area contributed by atoms with Crippen LogP contribution in [0.1, 0.15) is 11.1 Å². The molecule has 0 spiro atoms. The number of hydrogen-bond donors (Lipinski definition) is 2. The molecule has 2 N–H and O–H groups in total. The molecule has 0 saturated heterocycles. The van der Waals surface area contributed by atoms with Crippen LogP contribution in [-0.4, -0.2) is 27.9 Å². The molecule has 130 valence electrons. The number of amides is 1. The summed E-state index contributed by atoms with van der Waals surface area (Å²) in [6, 6.07) is 7.49. The van der Waals surface area contributed by atoms with E-state index >= 15 is 0 Å². The Morgan fingerprint density at radius 3 is 3.04 bits per heavy atom. The summed E-state index contributed by atoms with van der Waals surface area (Å²) in [5.41, 5.74) is 3.67. The molecule has 0 atom stereocenters. The van der Waals surface area contributed by atoms with Gasteiger partial charge >= 0.3 is 0 Å². The molecule has 26 heavy (non-hydrogen) atoms. The lowest BCUT2D eigenvalue weighted by Crippen LogP contribution is -2.20. The van der Waals surface area contributed by atoms with Gasteiger partial charge in [0.1, 0.15) is 0 Å². The molecular formula is C19H16N4O3. The van der Waals surface area contributed by atoms with E-state index in [4.69, 9.17) is 9.47 Å². The van der Waals surface area contributed by atoms with Crippen molar-refractivity contribution in [3.8, 4) is 22.6 Å². The van der Waals surface area contributed by atoms with Crippen LogP contribution in [0, 0.1) is 0 Å². The van der Waals surface area contributed by atoms with Crippen molar-refractivity contribution in [2.45, 2.75) is 6.54 Å². The Morgan fingerprint density at radius 1 is 1.23 bits per heavy atom. The molecule has 1 aliphatic heterocycles. The molecule has 2 aromatic heterocycles. The minimum Gasteiger partial charge on any atom is -0.454 e. The Balaban J connectivity index is 1.41. The zero-order chi connectivity index (χ0) is 17.8. The molecular weight excluding hydrogens is 332 g/mol. The predicted octanol–water partition coefficient (Wildman–Crippen LogP) is 2.53. The molecule has 0 fully saturated rings. The highest BCUT2D eigenvalue weighted by molar-refractivity contribution is 5.92. The summed E-state index contributed by atoms with van der Waals surface area (Å²) < 4.78 is 10.6. The Bertz CT molecular complexity index is 951. The summed E-state index contributed by atoms with van der Waals surface area (Å²) in [6.07, 6.45) is 10.2. The maximum Gasteiger partial charge on any atom is 0.244 e. The maximum absolute atomic E-state index is 12.1. The van der Waals surface area contributed by atoms with Crippen molar-refractivity contribution in [1.82, 2.24) is 20.5 Å². The average Bonchev–Trinajstić information content (AvgIpc) is 3.36. The van der Waals surface area contributed by atoms with Crippen LogP contribution in [0.15, 0.2) is 55.1 Å². The van der Waals surface area contributed by atoms with Gasteiger partial charge in [0.2, 0.25) is 12.7 Å². The Morgan fingerprint density at radius 2 is 2.15 bits per heavy atom. The number of carbonyl (C=O) groups excluding carboxylic acids is 1. The van der Waals surface area contributed by atoms with Gasteiger partial charge in [0, 0.05) is 42.3 Å². The second kappa shape index (κ2) is 7.10. The summed E-state index contributed by atoms with van der Waals surface area (Å²) in [6.45, 7) is 0.638. The Labute approximate surface area is 149 Å². The minimum atomic E-state index is -0.190. The number of aromatic amines is 1. The summed E-state index contributed by atoms with van der Waals surface area (Å²) in [5, 5.41) is 9.59. The average molecular weight is 348 g/mol. The fraction of sp³-hybridized carbons (Fsp3) is 0.105. The van der Waals surface area contributed by atoms with Crippen molar-refractivity contribution in [2.75, 3.05) is 6.79 Å². The van der Waals surface area contributed by atoms with Gasteiger partial charge in [0.15, 0.2) is 11.5 Å². The van der Waals surface area contributed by atoms with Gasteiger partial charge < -0.3 is 14.8 Å². The summed E-state index contributed by atoms with van der Waals surface area (Å²) in [4.78, 5) is 16.2. The second-order valence-corrected chi connectivity index (χ2v) is 5.69. The van der Waals surface area contributed by atoms with Crippen LogP contribution >= 0.6 is 0 Å². The number of nitrogens with zero attached hydrogens (tertiary/aromatic N) is 2. The number of aromatic nitrogens is 3. The zero-order valence-electron chi connectivity index (χ0n) is 13.8. The number of ether oxygens (including phenoxy) is 2. The first-order chi connectivity index (χ1) is 12.8. The summed E-state index contributed by atoms with van der Waals surface area (Å²) in [5.74, 6) is 1.24. The van der Waals surface area contributed by atoms with E-state index in [0.29, 0.717) is 12.3 Å². The van der Waals surface area contributed by atoms with Crippen molar-refractivity contribution in [3.05, 3.63) is 66.3 Å². The topological polar surface area (TPSA) is 89.1 Å². The van der Waals surface area contributed by atoms with Gasteiger partial charge in [-0.05, 0) is 35.4 Å². The second-order valence-electron chi connectivity index (χ2n) is 5.69. The predicted molar refractivity (Wildman–Crippen MR) is 95.3 cm³/mol. The number of hydrogen-bond acceptors (Lipinski definition) is 5. The van der Waals surface area contributed by atoms with Gasteiger partial charge in [-0.2, -0.15) is 5.10 Å². The molecule has 1 amide bonds. The van der Waals surface area contributed by atoms with Gasteiger partial charge in [-0.1, -0.05) is 6.07 Å². The molecule has 7 heteroatoms. The van der Waals surface area contributed by atoms with E-state index in [2.05, 4.69) is 20.5 Å². The van der Waals surface area contributed by atoms with Crippen LogP contribution in [0.3, 0.4) is 0 Å².